The van der Waals surface area contributed by atoms with E-state index in [-0.39, 0.29) is 11.4 Å². The van der Waals surface area contributed by atoms with Crippen molar-refractivity contribution >= 4 is 28.7 Å². The Bertz CT molecular complexity index is 1300. The lowest BCUT2D eigenvalue weighted by Crippen LogP contribution is -2.20. The Morgan fingerprint density at radius 2 is 1.79 bits per heavy atom. The van der Waals surface area contributed by atoms with E-state index in [1.165, 1.54) is 18.6 Å². The Labute approximate surface area is 188 Å². The minimum atomic E-state index is -4.63. The summed E-state index contributed by atoms with van der Waals surface area (Å²) in [6.07, 6.45) is -1.76. The highest BCUT2D eigenvalue weighted by Gasteiger charge is 2.33. The first-order chi connectivity index (χ1) is 15.6. The molecule has 1 amide bonds. The van der Waals surface area contributed by atoms with Crippen LogP contribution in [0.2, 0.25) is 5.02 Å². The SMILES string of the molecule is NC(=O)OC(c1ccc(C(F)(F)F)nc1)c1ncc(C(O)c2c[nH]c3ncc(Cl)cc23)cn1. The molecule has 0 bridgehead atoms. The molecule has 4 rings (SSSR count). The molecule has 0 radical (unpaired) electrons. The zero-order chi connectivity index (χ0) is 23.8. The number of alkyl halides is 3. The third-order valence-electron chi connectivity index (χ3n) is 4.68. The molecule has 0 aliphatic heterocycles. The van der Waals surface area contributed by atoms with Crippen LogP contribution in [-0.4, -0.2) is 36.1 Å². The van der Waals surface area contributed by atoms with E-state index in [0.29, 0.717) is 27.2 Å². The van der Waals surface area contributed by atoms with Gasteiger partial charge in [-0.05, 0) is 12.1 Å². The number of halogens is 4. The zero-order valence-electron chi connectivity index (χ0n) is 16.4. The van der Waals surface area contributed by atoms with Crippen LogP contribution in [-0.2, 0) is 10.9 Å². The van der Waals surface area contributed by atoms with Crippen LogP contribution in [0.4, 0.5) is 18.0 Å². The van der Waals surface area contributed by atoms with Crippen LogP contribution < -0.4 is 5.73 Å². The van der Waals surface area contributed by atoms with Gasteiger partial charge in [0.15, 0.2) is 11.9 Å². The number of hydrogen-bond acceptors (Lipinski definition) is 7. The van der Waals surface area contributed by atoms with Crippen molar-refractivity contribution in [1.29, 1.82) is 0 Å². The Hall–Kier alpha value is -3.77. The second kappa shape index (κ2) is 8.64. The molecule has 0 aliphatic rings. The number of aromatic amines is 1. The van der Waals surface area contributed by atoms with Gasteiger partial charge in [0.25, 0.3) is 0 Å². The molecule has 0 saturated carbocycles. The number of rotatable bonds is 5. The highest BCUT2D eigenvalue weighted by molar-refractivity contribution is 6.31. The van der Waals surface area contributed by atoms with Gasteiger partial charge in [0.1, 0.15) is 17.4 Å². The van der Waals surface area contributed by atoms with Crippen LogP contribution >= 0.6 is 11.6 Å². The van der Waals surface area contributed by atoms with Crippen molar-refractivity contribution in [2.24, 2.45) is 5.73 Å². The first-order valence-corrected chi connectivity index (χ1v) is 9.63. The van der Waals surface area contributed by atoms with Gasteiger partial charge >= 0.3 is 12.3 Å². The average molecular weight is 479 g/mol. The number of aliphatic hydroxyl groups is 1. The van der Waals surface area contributed by atoms with Gasteiger partial charge in [-0.25, -0.2) is 19.7 Å². The van der Waals surface area contributed by atoms with Crippen molar-refractivity contribution < 1.29 is 27.8 Å². The molecule has 2 atom stereocenters. The predicted molar refractivity (Wildman–Crippen MR) is 109 cm³/mol. The lowest BCUT2D eigenvalue weighted by atomic mass is 10.0. The van der Waals surface area contributed by atoms with E-state index < -0.39 is 30.2 Å². The molecular weight excluding hydrogens is 465 g/mol. The van der Waals surface area contributed by atoms with Crippen LogP contribution in [0.1, 0.15) is 40.4 Å². The maximum atomic E-state index is 12.8. The second-order valence-electron chi connectivity index (χ2n) is 6.86. The number of primary amides is 1. The van der Waals surface area contributed by atoms with E-state index in [2.05, 4.69) is 24.9 Å². The Morgan fingerprint density at radius 1 is 1.09 bits per heavy atom. The largest absolute Gasteiger partial charge is 0.433 e. The van der Waals surface area contributed by atoms with E-state index in [0.717, 1.165) is 18.3 Å². The van der Waals surface area contributed by atoms with Crippen LogP contribution in [0.15, 0.2) is 49.2 Å². The predicted octanol–water partition coefficient (Wildman–Crippen LogP) is 3.69. The van der Waals surface area contributed by atoms with Gasteiger partial charge < -0.3 is 20.6 Å². The summed E-state index contributed by atoms with van der Waals surface area (Å²) in [5.41, 5.74) is 5.36. The highest BCUT2D eigenvalue weighted by atomic mass is 35.5. The summed E-state index contributed by atoms with van der Waals surface area (Å²) in [7, 11) is 0. The molecule has 4 aromatic heterocycles. The number of fused-ring (bicyclic) bond motifs is 1. The highest BCUT2D eigenvalue weighted by Crippen LogP contribution is 2.31. The molecule has 13 heteroatoms. The number of hydrogen-bond donors (Lipinski definition) is 3. The molecule has 4 heterocycles. The smallest absolute Gasteiger partial charge is 0.433 e. The van der Waals surface area contributed by atoms with Gasteiger partial charge in [0.05, 0.1) is 5.02 Å². The number of H-pyrrole nitrogens is 1. The standard InChI is InChI=1S/C20H14ClF3N6O3/c21-11-3-12-13(8-30-17(12)29-7-11)15(31)10-5-27-18(28-6-10)16(33-19(25)32)9-1-2-14(26-4-9)20(22,23)24/h1-8,15-16,31H,(H2,25,32)(H,29,30). The lowest BCUT2D eigenvalue weighted by Gasteiger charge is -2.17. The molecule has 0 spiro atoms. The monoisotopic (exact) mass is 478 g/mol. The van der Waals surface area contributed by atoms with Crippen molar-refractivity contribution in [3.63, 3.8) is 0 Å². The normalized spacial score (nSPS) is 13.6. The van der Waals surface area contributed by atoms with Gasteiger partial charge in [-0.15, -0.1) is 0 Å². The summed E-state index contributed by atoms with van der Waals surface area (Å²) in [6.45, 7) is 0. The Morgan fingerprint density at radius 3 is 2.39 bits per heavy atom. The zero-order valence-corrected chi connectivity index (χ0v) is 17.2. The molecule has 0 saturated heterocycles. The number of nitrogens with one attached hydrogen (secondary N) is 1. The fourth-order valence-corrected chi connectivity index (χ4v) is 3.30. The van der Waals surface area contributed by atoms with Gasteiger partial charge in [-0.3, -0.25) is 4.98 Å². The Kier molecular flexibility index (Phi) is 5.87. The van der Waals surface area contributed by atoms with Crippen LogP contribution in [0.3, 0.4) is 0 Å². The molecule has 0 aromatic carbocycles. The molecule has 4 N–H and O–H groups in total. The number of carbonyl (C=O) groups is 1. The van der Waals surface area contributed by atoms with Gasteiger partial charge in [0, 0.05) is 53.1 Å². The van der Waals surface area contributed by atoms with E-state index >= 15 is 0 Å². The number of nitrogens with two attached hydrogens (primary N) is 1. The van der Waals surface area contributed by atoms with E-state index in [1.807, 2.05) is 0 Å². The third kappa shape index (κ3) is 4.71. The third-order valence-corrected chi connectivity index (χ3v) is 4.89. The number of nitrogens with zero attached hydrogens (tertiary/aromatic N) is 4. The fourth-order valence-electron chi connectivity index (χ4n) is 3.14. The summed E-state index contributed by atoms with van der Waals surface area (Å²) >= 11 is 5.99. The topological polar surface area (TPSA) is 140 Å². The molecule has 33 heavy (non-hydrogen) atoms. The number of amides is 1. The summed E-state index contributed by atoms with van der Waals surface area (Å²) in [4.78, 5) is 30.0. The van der Waals surface area contributed by atoms with E-state index in [9.17, 15) is 23.1 Å². The summed E-state index contributed by atoms with van der Waals surface area (Å²) in [5.74, 6) is -0.0741. The summed E-state index contributed by atoms with van der Waals surface area (Å²) < 4.78 is 43.3. The molecule has 0 fully saturated rings. The molecule has 0 aliphatic carbocycles. The maximum absolute atomic E-state index is 12.8. The average Bonchev–Trinajstić information content (AvgIpc) is 3.19. The van der Waals surface area contributed by atoms with Crippen molar-refractivity contribution in [3.05, 3.63) is 82.4 Å². The number of ether oxygens (including phenoxy) is 1. The molecule has 4 aromatic rings. The number of carbonyl (C=O) groups excluding carboxylic acids is 1. The maximum Gasteiger partial charge on any atom is 0.433 e. The first-order valence-electron chi connectivity index (χ1n) is 9.25. The van der Waals surface area contributed by atoms with E-state index in [4.69, 9.17) is 22.1 Å². The fraction of sp³-hybridized carbons (Fsp3) is 0.150. The molecule has 170 valence electrons. The first kappa shape index (κ1) is 22.4. The molecular formula is C20H14ClF3N6O3. The van der Waals surface area contributed by atoms with Gasteiger partial charge in [-0.2, -0.15) is 13.2 Å². The number of aliphatic hydroxyl groups excluding tert-OH is 1. The Balaban J connectivity index is 1.63. The lowest BCUT2D eigenvalue weighted by molar-refractivity contribution is -0.141. The number of pyridine rings is 2. The van der Waals surface area contributed by atoms with Crippen molar-refractivity contribution in [2.45, 2.75) is 18.4 Å². The van der Waals surface area contributed by atoms with Crippen LogP contribution in [0, 0.1) is 0 Å². The molecule has 9 nitrogen and oxygen atoms in total. The number of aromatic nitrogens is 5. The second-order valence-corrected chi connectivity index (χ2v) is 7.30. The van der Waals surface area contributed by atoms with Gasteiger partial charge in [0.2, 0.25) is 0 Å². The van der Waals surface area contributed by atoms with Gasteiger partial charge in [-0.1, -0.05) is 17.7 Å². The minimum absolute atomic E-state index is 0.0741. The van der Waals surface area contributed by atoms with Crippen molar-refractivity contribution in [1.82, 2.24) is 24.9 Å². The molecule has 2 unspecified atom stereocenters. The van der Waals surface area contributed by atoms with Crippen molar-refractivity contribution in [2.75, 3.05) is 0 Å². The van der Waals surface area contributed by atoms with E-state index in [1.54, 1.807) is 12.3 Å². The summed E-state index contributed by atoms with van der Waals surface area (Å²) in [5, 5.41) is 11.8. The van der Waals surface area contributed by atoms with Crippen LogP contribution in [0.5, 0.6) is 0 Å². The summed E-state index contributed by atoms with van der Waals surface area (Å²) in [6, 6.07) is 3.46. The van der Waals surface area contributed by atoms with Crippen LogP contribution in [0.25, 0.3) is 11.0 Å². The van der Waals surface area contributed by atoms with Crippen molar-refractivity contribution in [3.8, 4) is 0 Å². The minimum Gasteiger partial charge on any atom is -0.433 e. The quantitative estimate of drug-likeness (QED) is 0.397.